The van der Waals surface area contributed by atoms with Crippen LogP contribution in [0.2, 0.25) is 35.2 Å². The summed E-state index contributed by atoms with van der Waals surface area (Å²) in [6, 6.07) is 80.4. The lowest BCUT2D eigenvalue weighted by Crippen LogP contribution is -2.47. The number of pyridine rings is 6. The van der Waals surface area contributed by atoms with Crippen molar-refractivity contribution in [2.45, 2.75) is 58.4 Å². The standard InChI is InChI=1S/C25H22ClN3O2.C24H19Cl2N7.C23H19ClN2O2.C21H22ClN3O2.C20H16Cl2N6O2/c26-21-9-6-19(7-10-21)25-22(16-24(30)28-12-14-31-15-13-28)29-17-20(8-11-23(29)27-25)18-4-2-1-3-5-18;25-17-5-6-18(19(26)11-17)24-21(13-31-9-10-33-23(14-31)28-15-29-33)32-12-16(4-7-22(32)30-24)20-3-1-2-8-27-20;1-2-28-22(27)14-20-23(17-8-11-19(24)12-9-17)25-21-13-10-18(15-26(20)21)16-6-4-3-5-7-16;22-18-4-1-15(2-5-18)21-19(12-24-7-9-26-10-8-24)25-11-16(17-13-27-14-17)3-6-20(25)23-21;21-13-2-3-14(15(22)7-13)19-16(9-27-6-5-23-18(29)10-27)28-8-12(1-4-17(28)25-19)20-24-11-30-26-20/h1-11,17H,12-16H2;1-8,11-12,15H,9-10,13-14H2;3-13,15H,2,14H2,1H3;1-6,11,17H,7-10,12-14H2;1-4,7-8,11H,5-6,9-10H2,(H,23,29). The Morgan fingerprint density at radius 1 is 0.403 bits per heavy atom. The third-order valence-corrected chi connectivity index (χ3v) is 28.4. The van der Waals surface area contributed by atoms with E-state index in [2.05, 4.69) is 115 Å². The predicted molar refractivity (Wildman–Crippen MR) is 579 cm³/mol. The van der Waals surface area contributed by atoms with Crippen LogP contribution in [-0.2, 0) is 78.9 Å². The molecule has 4 fully saturated rings. The topological polar surface area (TPSA) is 282 Å². The Hall–Kier alpha value is -14.4. The molecule has 149 heavy (non-hydrogen) atoms. The normalized spacial score (nSPS) is 14.5. The molecule has 0 atom stereocenters. The fourth-order valence-corrected chi connectivity index (χ4v) is 20.2. The van der Waals surface area contributed by atoms with Crippen molar-refractivity contribution in [2.24, 2.45) is 0 Å². The quantitative estimate of drug-likeness (QED) is 0.0654. The Kier molecular flexibility index (Phi) is 31.2. The molecule has 0 saturated carbocycles. The molecule has 0 radical (unpaired) electrons. The zero-order valence-electron chi connectivity index (χ0n) is 80.8. The average Bonchev–Trinajstić information content (AvgIpc) is 1.59. The smallest absolute Gasteiger partial charge is 0.311 e. The molecule has 7 aromatic carbocycles. The lowest BCUT2D eigenvalue weighted by Gasteiger charge is -2.27. The van der Waals surface area contributed by atoms with Crippen LogP contribution >= 0.6 is 81.2 Å². The number of halogens is 7. The third kappa shape index (κ3) is 23.2. The van der Waals surface area contributed by atoms with Gasteiger partial charge in [-0.3, -0.25) is 34.1 Å². The largest absolute Gasteiger partial charge is 0.466 e. The van der Waals surface area contributed by atoms with Gasteiger partial charge in [0, 0.05) is 173 Å². The maximum Gasteiger partial charge on any atom is 0.311 e. The van der Waals surface area contributed by atoms with Gasteiger partial charge in [0.05, 0.1) is 151 Å². The highest BCUT2D eigenvalue weighted by molar-refractivity contribution is 6.37. The number of carbonyl (C=O) groups excluding carboxylic acids is 3. The lowest BCUT2D eigenvalue weighted by atomic mass is 10.00. The first kappa shape index (κ1) is 101. The number of carbonyl (C=O) groups is 3. The van der Waals surface area contributed by atoms with E-state index < -0.39 is 0 Å². The van der Waals surface area contributed by atoms with E-state index in [-0.39, 0.29) is 30.6 Å². The van der Waals surface area contributed by atoms with Crippen LogP contribution in [0, 0.1) is 0 Å². The average molecular weight is 2130 g/mol. The van der Waals surface area contributed by atoms with Crippen LogP contribution in [0.1, 0.15) is 52.7 Å². The third-order valence-electron chi connectivity index (χ3n) is 26.6. The van der Waals surface area contributed by atoms with Gasteiger partial charge in [0.1, 0.15) is 40.4 Å². The Labute approximate surface area is 892 Å². The van der Waals surface area contributed by atoms with Gasteiger partial charge in [0.25, 0.3) is 0 Å². The molecule has 20 aromatic rings. The molecule has 29 nitrogen and oxygen atoms in total. The van der Waals surface area contributed by atoms with Gasteiger partial charge in [-0.2, -0.15) is 10.1 Å². The van der Waals surface area contributed by atoms with Crippen LogP contribution in [0.5, 0.6) is 0 Å². The fraction of sp³-hybridized carbons (Fsp3) is 0.212. The minimum Gasteiger partial charge on any atom is -0.466 e. The van der Waals surface area contributed by atoms with Crippen molar-refractivity contribution >= 4 is 127 Å². The summed E-state index contributed by atoms with van der Waals surface area (Å²) in [5.74, 6) is 1.77. The Bertz CT molecular complexity index is 8180. The first-order chi connectivity index (χ1) is 72.8. The number of ether oxygens (including phenoxy) is 4. The highest BCUT2D eigenvalue weighted by atomic mass is 35.5. The van der Waals surface area contributed by atoms with E-state index in [1.54, 1.807) is 37.6 Å². The minimum absolute atomic E-state index is 0.00799. The Balaban J connectivity index is 0.000000109. The van der Waals surface area contributed by atoms with Crippen molar-refractivity contribution in [3.05, 3.63) is 374 Å². The van der Waals surface area contributed by atoms with Gasteiger partial charge in [0.15, 0.2) is 0 Å². The monoisotopic (exact) mass is 2120 g/mol. The van der Waals surface area contributed by atoms with Crippen molar-refractivity contribution < 1.29 is 37.9 Å². The summed E-state index contributed by atoms with van der Waals surface area (Å²) in [5, 5.41) is 15.4. The van der Waals surface area contributed by atoms with Gasteiger partial charge < -0.3 is 55.7 Å². The van der Waals surface area contributed by atoms with Crippen molar-refractivity contribution in [1.29, 1.82) is 0 Å². The number of esters is 1. The van der Waals surface area contributed by atoms with Crippen molar-refractivity contribution in [3.63, 3.8) is 0 Å². The molecule has 4 saturated heterocycles. The summed E-state index contributed by atoms with van der Waals surface area (Å²) < 4.78 is 38.7. The SMILES string of the molecule is CCOC(=O)Cc1c(-c2ccc(Cl)cc2)nc2ccc(-c3ccccc3)cn12.Clc1ccc(-c2nc3ccc(-c4ccccn4)cn3c2CN2CCn3ncnc3C2)c(Cl)c1.Clc1ccc(-c2nc3ccc(C4COC4)cn3c2CN2CCOCC2)cc1.O=C(Cc1c(-c2ccc(Cl)cc2)nc2ccc(-c3ccccc3)cn12)N1CCOCC1.O=C1CN(Cc2c(-c3ccc(Cl)cc3Cl)nc3ccc(-c4ncon4)cn23)CCN1. The molecule has 5 aliphatic rings. The van der Waals surface area contributed by atoms with E-state index in [1.807, 2.05) is 223 Å². The van der Waals surface area contributed by atoms with Crippen molar-refractivity contribution in [2.75, 3.05) is 98.6 Å². The van der Waals surface area contributed by atoms with Crippen LogP contribution < -0.4 is 5.32 Å². The number of piperazine rings is 1. The van der Waals surface area contributed by atoms with Crippen LogP contribution in [0.4, 0.5) is 0 Å². The number of imidazole rings is 5. The Morgan fingerprint density at radius 3 is 1.37 bits per heavy atom. The molecule has 1 N–H and O–H groups in total. The number of hydrogen-bond acceptors (Lipinski definition) is 21. The number of morpholine rings is 2. The summed E-state index contributed by atoms with van der Waals surface area (Å²) in [7, 11) is 0. The number of fused-ring (bicyclic) bond motifs is 6. The molecule has 0 bridgehead atoms. The molecule has 18 heterocycles. The summed E-state index contributed by atoms with van der Waals surface area (Å²) in [6.07, 6.45) is 15.5. The lowest BCUT2D eigenvalue weighted by molar-refractivity contribution is -0.142. The molecule has 0 aliphatic carbocycles. The van der Waals surface area contributed by atoms with Gasteiger partial charge in [-0.25, -0.2) is 34.6 Å². The first-order valence-electron chi connectivity index (χ1n) is 48.9. The second-order valence-corrected chi connectivity index (χ2v) is 39.2. The van der Waals surface area contributed by atoms with E-state index in [4.69, 9.17) is 130 Å². The van der Waals surface area contributed by atoms with Crippen molar-refractivity contribution in [1.82, 2.24) is 102 Å². The van der Waals surface area contributed by atoms with Gasteiger partial charge in [-0.15, -0.1) is 0 Å². The van der Waals surface area contributed by atoms with Gasteiger partial charge in [-0.05, 0) is 174 Å². The molecule has 25 rings (SSSR count). The van der Waals surface area contributed by atoms with Gasteiger partial charge >= 0.3 is 5.97 Å². The number of hydrogen-bond donors (Lipinski definition) is 1. The van der Waals surface area contributed by atoms with Crippen LogP contribution in [0.15, 0.2) is 303 Å². The summed E-state index contributed by atoms with van der Waals surface area (Å²) in [5.41, 5.74) is 26.2. The second kappa shape index (κ2) is 46.2. The van der Waals surface area contributed by atoms with E-state index in [1.165, 1.54) is 17.7 Å². The summed E-state index contributed by atoms with van der Waals surface area (Å²) in [6.45, 7) is 15.8. The van der Waals surface area contributed by atoms with Gasteiger partial charge in [-0.1, -0.05) is 196 Å². The first-order valence-corrected chi connectivity index (χ1v) is 51.5. The van der Waals surface area contributed by atoms with Crippen LogP contribution in [-0.4, -0.2) is 213 Å². The maximum atomic E-state index is 13.1. The molecule has 2 amide bonds. The van der Waals surface area contributed by atoms with Crippen LogP contribution in [0.3, 0.4) is 0 Å². The molecule has 36 heteroatoms. The van der Waals surface area contributed by atoms with Crippen LogP contribution in [0.25, 0.3) is 129 Å². The number of rotatable bonds is 21. The molecule has 5 aliphatic heterocycles. The summed E-state index contributed by atoms with van der Waals surface area (Å²) >= 11 is 43.6. The zero-order valence-corrected chi connectivity index (χ0v) is 86.1. The summed E-state index contributed by atoms with van der Waals surface area (Å²) in [4.78, 5) is 83.4. The fourth-order valence-electron chi connectivity index (χ4n) is 18.9. The van der Waals surface area contributed by atoms with E-state index in [0.717, 1.165) is 229 Å². The maximum absolute atomic E-state index is 13.1. The number of aromatic nitrogens is 16. The zero-order chi connectivity index (χ0) is 102. The van der Waals surface area contributed by atoms with E-state index >= 15 is 0 Å². The molecule has 0 spiro atoms. The minimum atomic E-state index is -0.273. The predicted octanol–water partition coefficient (Wildman–Crippen LogP) is 22.0. The number of amides is 2. The highest BCUT2D eigenvalue weighted by Gasteiger charge is 2.31. The van der Waals surface area contributed by atoms with Crippen molar-refractivity contribution in [3.8, 4) is 101 Å². The van der Waals surface area contributed by atoms with E-state index in [0.29, 0.717) is 101 Å². The number of nitrogens with one attached hydrogen (secondary N) is 1. The highest BCUT2D eigenvalue weighted by Crippen LogP contribution is 2.40. The molecule has 13 aromatic heterocycles. The number of benzene rings is 7. The van der Waals surface area contributed by atoms with E-state index in [9.17, 15) is 14.4 Å². The second-order valence-electron chi connectivity index (χ2n) is 36.2. The molecular formula is C113H98Cl7N21O8. The molecule has 752 valence electrons. The number of nitrogens with zero attached hydrogens (tertiary/aromatic N) is 20. The molecule has 0 unspecified atom stereocenters. The van der Waals surface area contributed by atoms with Gasteiger partial charge in [0.2, 0.25) is 24.0 Å². The molecular weight excluding hydrogens is 2030 g/mol. The Morgan fingerprint density at radius 2 is 0.859 bits per heavy atom.